The Morgan fingerprint density at radius 2 is 1.95 bits per heavy atom. The van der Waals surface area contributed by atoms with Gasteiger partial charge in [0.05, 0.1) is 23.4 Å². The van der Waals surface area contributed by atoms with E-state index < -0.39 is 12.2 Å². The van der Waals surface area contributed by atoms with Gasteiger partial charge in [-0.1, -0.05) is 23.7 Å². The van der Waals surface area contributed by atoms with Crippen molar-refractivity contribution in [1.82, 2.24) is 4.98 Å². The van der Waals surface area contributed by atoms with Crippen molar-refractivity contribution in [2.24, 2.45) is 32.9 Å². The van der Waals surface area contributed by atoms with Crippen molar-refractivity contribution < 1.29 is 14.2 Å². The summed E-state index contributed by atoms with van der Waals surface area (Å²) in [4.78, 5) is 13.1. The van der Waals surface area contributed by atoms with Crippen LogP contribution in [-0.4, -0.2) is 47.6 Å². The minimum Gasteiger partial charge on any atom is -0.372 e. The zero-order valence-corrected chi connectivity index (χ0v) is 23.8. The van der Waals surface area contributed by atoms with Crippen molar-refractivity contribution in [2.45, 2.75) is 57.7 Å². The normalized spacial score (nSPS) is 16.0. The Morgan fingerprint density at radius 3 is 2.63 bits per heavy atom. The highest BCUT2D eigenvalue weighted by atomic mass is 35.5. The van der Waals surface area contributed by atoms with E-state index in [-0.39, 0.29) is 23.1 Å². The number of aliphatic hydroxyl groups excluding tert-OH is 1. The predicted octanol–water partition coefficient (Wildman–Crippen LogP) is 1.81. The molecular weight excluding hydrogens is 547 g/mol. The molecule has 2 aromatic carbocycles. The highest BCUT2D eigenvalue weighted by Crippen LogP contribution is 2.29. The standard InChI is InChI=1S/C29H38ClFN8O2/c1-17(33)3-2-4-19-11-23(26(31)24(30)12-19)25-13-20-15-39(29(40)38-27(20)37-25)21-7-5-18(6-8-21)16-41-22(14-32)9-10-36-28(34)35/h5-8,11-13,15,17,22,29,40H,2-4,9-10,14,16,32-33H2,1H3,(H,37,38)(H4,34,35,36)/t17-,22+,29?/m0/s1. The number of nitrogens with zero attached hydrogens (tertiary/aromatic N) is 3. The number of aromatic amines is 1. The summed E-state index contributed by atoms with van der Waals surface area (Å²) in [6.07, 6.45) is 3.53. The number of fused-ring (bicyclic) bond motifs is 1. The lowest BCUT2D eigenvalue weighted by Crippen LogP contribution is -2.41. The number of aromatic nitrogens is 1. The third-order valence-corrected chi connectivity index (χ3v) is 7.10. The number of hydrogen-bond acceptors (Lipinski definition) is 7. The maximum Gasteiger partial charge on any atom is 0.231 e. The van der Waals surface area contributed by atoms with Gasteiger partial charge in [0.15, 0.2) is 11.8 Å². The van der Waals surface area contributed by atoms with Crippen LogP contribution in [0.1, 0.15) is 37.3 Å². The SMILES string of the molecule is C[C@H](N)CCCc1cc(Cl)c(F)c(-c2cc3c([nH]2)=NC(O)N(c2ccc(CO[C@@H](CN)CCN=C(N)N)cc2)C=3)c1. The summed E-state index contributed by atoms with van der Waals surface area (Å²) in [5.41, 5.74) is 26.3. The van der Waals surface area contributed by atoms with E-state index in [2.05, 4.69) is 15.0 Å². The fourth-order valence-corrected chi connectivity index (χ4v) is 4.85. The zero-order chi connectivity index (χ0) is 29.5. The number of nitrogens with two attached hydrogens (primary N) is 4. The van der Waals surface area contributed by atoms with Crippen molar-refractivity contribution >= 4 is 29.4 Å². The summed E-state index contributed by atoms with van der Waals surface area (Å²) in [5, 5.41) is 11.5. The summed E-state index contributed by atoms with van der Waals surface area (Å²) in [5.74, 6) is -0.471. The summed E-state index contributed by atoms with van der Waals surface area (Å²) < 4.78 is 21.0. The van der Waals surface area contributed by atoms with Gasteiger partial charge in [0.2, 0.25) is 6.35 Å². The number of aliphatic hydroxyl groups is 1. The van der Waals surface area contributed by atoms with Gasteiger partial charge in [-0.25, -0.2) is 9.38 Å². The second-order valence-electron chi connectivity index (χ2n) is 10.2. The number of hydrogen-bond donors (Lipinski definition) is 6. The molecule has 1 unspecified atom stereocenters. The maximum atomic E-state index is 15.1. The van der Waals surface area contributed by atoms with Gasteiger partial charge in [0, 0.05) is 41.8 Å². The van der Waals surface area contributed by atoms with Gasteiger partial charge in [0.25, 0.3) is 0 Å². The van der Waals surface area contributed by atoms with Gasteiger partial charge in [0.1, 0.15) is 5.49 Å². The van der Waals surface area contributed by atoms with Crippen LogP contribution < -0.4 is 38.5 Å². The monoisotopic (exact) mass is 584 g/mol. The first-order chi connectivity index (χ1) is 19.6. The van der Waals surface area contributed by atoms with Crippen LogP contribution in [0.15, 0.2) is 52.4 Å². The molecule has 220 valence electrons. The Labute approximate surface area is 243 Å². The molecule has 1 aliphatic heterocycles. The van der Waals surface area contributed by atoms with Gasteiger partial charge < -0.3 is 42.7 Å². The molecule has 0 bridgehead atoms. The minimum absolute atomic E-state index is 0.0392. The van der Waals surface area contributed by atoms with E-state index in [9.17, 15) is 5.11 Å². The van der Waals surface area contributed by atoms with Crippen molar-refractivity contribution in [3.05, 3.63) is 75.1 Å². The molecule has 0 fully saturated rings. The molecule has 0 spiro atoms. The number of aliphatic imine (C=N–C) groups is 1. The second kappa shape index (κ2) is 13.9. The average Bonchev–Trinajstić information content (AvgIpc) is 3.34. The van der Waals surface area contributed by atoms with Crippen LogP contribution in [0.2, 0.25) is 5.02 Å². The van der Waals surface area contributed by atoms with Gasteiger partial charge >= 0.3 is 0 Å². The Balaban J connectivity index is 1.49. The highest BCUT2D eigenvalue weighted by Gasteiger charge is 2.20. The summed E-state index contributed by atoms with van der Waals surface area (Å²) >= 11 is 6.24. The Kier molecular flexibility index (Phi) is 10.4. The van der Waals surface area contributed by atoms with E-state index in [1.165, 1.54) is 0 Å². The van der Waals surface area contributed by atoms with Crippen LogP contribution in [0.4, 0.5) is 10.1 Å². The van der Waals surface area contributed by atoms with E-state index in [0.717, 1.165) is 36.1 Å². The number of aryl methyl sites for hydroxylation is 1. The summed E-state index contributed by atoms with van der Waals surface area (Å²) in [6, 6.07) is 12.9. The number of nitrogens with one attached hydrogen (secondary N) is 1. The molecule has 4 rings (SSSR count). The summed E-state index contributed by atoms with van der Waals surface area (Å²) in [7, 11) is 0. The van der Waals surface area contributed by atoms with Crippen molar-refractivity contribution in [3.8, 4) is 11.3 Å². The maximum absolute atomic E-state index is 15.1. The average molecular weight is 585 g/mol. The molecule has 10 nitrogen and oxygen atoms in total. The molecule has 41 heavy (non-hydrogen) atoms. The molecule has 1 aliphatic rings. The molecular formula is C29H38ClFN8O2. The van der Waals surface area contributed by atoms with Crippen LogP contribution in [0.3, 0.4) is 0 Å². The molecule has 3 atom stereocenters. The quantitative estimate of drug-likeness (QED) is 0.131. The number of benzene rings is 2. The number of H-pyrrole nitrogens is 1. The molecule has 0 amide bonds. The van der Waals surface area contributed by atoms with Crippen LogP contribution >= 0.6 is 11.6 Å². The van der Waals surface area contributed by atoms with E-state index in [1.807, 2.05) is 31.2 Å². The third-order valence-electron chi connectivity index (χ3n) is 6.83. The van der Waals surface area contributed by atoms with Gasteiger partial charge in [-0.2, -0.15) is 0 Å². The first-order valence-corrected chi connectivity index (χ1v) is 14.0. The molecule has 12 heteroatoms. The van der Waals surface area contributed by atoms with Crippen LogP contribution in [0, 0.1) is 5.82 Å². The molecule has 10 N–H and O–H groups in total. The van der Waals surface area contributed by atoms with Crippen LogP contribution in [-0.2, 0) is 17.8 Å². The lowest BCUT2D eigenvalue weighted by molar-refractivity contribution is 0.0426. The second-order valence-corrected chi connectivity index (χ2v) is 10.6. The lowest BCUT2D eigenvalue weighted by Gasteiger charge is -2.25. The number of halogens is 2. The molecule has 2 heterocycles. The minimum atomic E-state index is -1.16. The van der Waals surface area contributed by atoms with E-state index in [1.54, 1.807) is 29.3 Å². The van der Waals surface area contributed by atoms with Gasteiger partial charge in [-0.15, -0.1) is 0 Å². The first kappa shape index (κ1) is 30.5. The largest absolute Gasteiger partial charge is 0.372 e. The van der Waals surface area contributed by atoms with E-state index in [0.29, 0.717) is 48.1 Å². The highest BCUT2D eigenvalue weighted by molar-refractivity contribution is 6.31. The van der Waals surface area contributed by atoms with Crippen molar-refractivity contribution in [2.75, 3.05) is 18.0 Å². The Morgan fingerprint density at radius 1 is 1.20 bits per heavy atom. The molecule has 3 aromatic rings. The molecule has 1 aromatic heterocycles. The fraction of sp³-hybridized carbons (Fsp3) is 0.379. The smallest absolute Gasteiger partial charge is 0.231 e. The number of guanidine groups is 1. The van der Waals surface area contributed by atoms with Gasteiger partial charge in [-0.3, -0.25) is 4.99 Å². The zero-order valence-electron chi connectivity index (χ0n) is 23.1. The van der Waals surface area contributed by atoms with E-state index >= 15 is 4.39 Å². The predicted molar refractivity (Wildman–Crippen MR) is 161 cm³/mol. The summed E-state index contributed by atoms with van der Waals surface area (Å²) in [6.45, 7) is 3.12. The number of ether oxygens (including phenoxy) is 1. The van der Waals surface area contributed by atoms with Crippen LogP contribution in [0.5, 0.6) is 0 Å². The first-order valence-electron chi connectivity index (χ1n) is 13.6. The van der Waals surface area contributed by atoms with Crippen LogP contribution in [0.25, 0.3) is 17.5 Å². The Bertz CT molecular complexity index is 1470. The third kappa shape index (κ3) is 8.05. The van der Waals surface area contributed by atoms with Gasteiger partial charge in [-0.05, 0) is 74.1 Å². The van der Waals surface area contributed by atoms with E-state index in [4.69, 9.17) is 39.3 Å². The molecule has 0 saturated carbocycles. The number of rotatable bonds is 13. The lowest BCUT2D eigenvalue weighted by atomic mass is 10.0. The molecule has 0 radical (unpaired) electrons. The van der Waals surface area contributed by atoms with Crippen molar-refractivity contribution in [1.29, 1.82) is 0 Å². The number of anilines is 1. The molecule has 0 saturated heterocycles. The Hall–Kier alpha value is -3.48. The van der Waals surface area contributed by atoms with Crippen molar-refractivity contribution in [3.63, 3.8) is 0 Å². The topological polar surface area (TPSA) is 177 Å². The molecule has 0 aliphatic carbocycles. The fourth-order valence-electron chi connectivity index (χ4n) is 4.61.